The van der Waals surface area contributed by atoms with Gasteiger partial charge in [0.05, 0.1) is 5.56 Å². The first-order valence-corrected chi connectivity index (χ1v) is 9.29. The first-order chi connectivity index (χ1) is 13.1. The highest BCUT2D eigenvalue weighted by Crippen LogP contribution is 2.24. The van der Waals surface area contributed by atoms with E-state index in [9.17, 15) is 9.59 Å². The van der Waals surface area contributed by atoms with Crippen LogP contribution in [-0.4, -0.2) is 42.5 Å². The molecule has 27 heavy (non-hydrogen) atoms. The minimum Gasteiger partial charge on any atom is -0.371 e. The molecular formula is C22H23N3O2. The van der Waals surface area contributed by atoms with Gasteiger partial charge >= 0.3 is 0 Å². The van der Waals surface area contributed by atoms with Gasteiger partial charge in [-0.25, -0.2) is 0 Å². The maximum Gasteiger partial charge on any atom is 0.254 e. The van der Waals surface area contributed by atoms with Crippen LogP contribution in [0.1, 0.15) is 16.8 Å². The zero-order valence-corrected chi connectivity index (χ0v) is 15.4. The molecule has 2 heterocycles. The minimum absolute atomic E-state index is 0.101. The molecule has 1 atom stereocenters. The Balaban J connectivity index is 1.49. The Kier molecular flexibility index (Phi) is 4.67. The van der Waals surface area contributed by atoms with Crippen LogP contribution in [0.5, 0.6) is 0 Å². The van der Waals surface area contributed by atoms with Gasteiger partial charge in [-0.3, -0.25) is 9.59 Å². The number of anilines is 1. The van der Waals surface area contributed by atoms with Crippen molar-refractivity contribution >= 4 is 22.5 Å². The molecular weight excluding hydrogens is 338 g/mol. The third-order valence-corrected chi connectivity index (χ3v) is 5.27. The van der Waals surface area contributed by atoms with Crippen molar-refractivity contribution in [1.82, 2.24) is 9.88 Å². The number of hydrogen-bond acceptors (Lipinski definition) is 3. The molecule has 5 nitrogen and oxygen atoms in total. The van der Waals surface area contributed by atoms with Crippen LogP contribution in [0.2, 0.25) is 0 Å². The molecule has 0 spiro atoms. The third kappa shape index (κ3) is 3.58. The molecule has 0 unspecified atom stereocenters. The summed E-state index contributed by atoms with van der Waals surface area (Å²) in [5.74, 6) is 0.322. The third-order valence-electron chi connectivity index (χ3n) is 5.27. The molecule has 1 aliphatic rings. The standard InChI is InChI=1S/C22H23N3O2/c1-24(14-16-11-12-25(15-16)17-7-3-2-4-8-17)22(27)19-13-21(26)23-20-10-6-5-9-18(19)20/h2-10,13,16H,11-12,14-15H2,1H3,(H,23,26)/t16-/m0/s1. The van der Waals surface area contributed by atoms with E-state index in [4.69, 9.17) is 0 Å². The molecule has 1 amide bonds. The smallest absolute Gasteiger partial charge is 0.254 e. The van der Waals surface area contributed by atoms with Gasteiger partial charge in [-0.1, -0.05) is 36.4 Å². The number of rotatable bonds is 4. The maximum atomic E-state index is 13.0. The second-order valence-corrected chi connectivity index (χ2v) is 7.21. The summed E-state index contributed by atoms with van der Waals surface area (Å²) in [4.78, 5) is 31.9. The van der Waals surface area contributed by atoms with E-state index in [-0.39, 0.29) is 11.5 Å². The predicted molar refractivity (Wildman–Crippen MR) is 108 cm³/mol. The molecule has 3 aromatic rings. The second-order valence-electron chi connectivity index (χ2n) is 7.21. The molecule has 2 aromatic carbocycles. The Bertz CT molecular complexity index is 1010. The van der Waals surface area contributed by atoms with E-state index in [0.29, 0.717) is 23.5 Å². The second kappa shape index (κ2) is 7.27. The number of fused-ring (bicyclic) bond motifs is 1. The van der Waals surface area contributed by atoms with E-state index in [2.05, 4.69) is 34.1 Å². The average molecular weight is 361 g/mol. The van der Waals surface area contributed by atoms with Crippen LogP contribution < -0.4 is 10.5 Å². The van der Waals surface area contributed by atoms with E-state index in [1.165, 1.54) is 11.8 Å². The van der Waals surface area contributed by atoms with Crippen LogP contribution in [0.15, 0.2) is 65.5 Å². The Morgan fingerprint density at radius 2 is 1.89 bits per heavy atom. The lowest BCUT2D eigenvalue weighted by Crippen LogP contribution is -2.33. The number of pyridine rings is 1. The molecule has 4 rings (SSSR count). The van der Waals surface area contributed by atoms with Gasteiger partial charge in [0, 0.05) is 49.3 Å². The summed E-state index contributed by atoms with van der Waals surface area (Å²) in [6.07, 6.45) is 1.06. The largest absolute Gasteiger partial charge is 0.371 e. The number of aromatic nitrogens is 1. The first-order valence-electron chi connectivity index (χ1n) is 9.29. The average Bonchev–Trinajstić information content (AvgIpc) is 3.16. The zero-order valence-electron chi connectivity index (χ0n) is 15.4. The van der Waals surface area contributed by atoms with Gasteiger partial charge in [-0.15, -0.1) is 0 Å². The van der Waals surface area contributed by atoms with Crippen molar-refractivity contribution in [3.05, 3.63) is 76.6 Å². The fourth-order valence-corrected chi connectivity index (χ4v) is 3.91. The molecule has 1 aliphatic heterocycles. The molecule has 0 bridgehead atoms. The molecule has 1 saturated heterocycles. The fraction of sp³-hybridized carbons (Fsp3) is 0.273. The maximum absolute atomic E-state index is 13.0. The van der Waals surface area contributed by atoms with Crippen molar-refractivity contribution in [3.63, 3.8) is 0 Å². The van der Waals surface area contributed by atoms with Crippen LogP contribution in [0, 0.1) is 5.92 Å². The lowest BCUT2D eigenvalue weighted by Gasteiger charge is -2.23. The fourth-order valence-electron chi connectivity index (χ4n) is 3.91. The highest BCUT2D eigenvalue weighted by atomic mass is 16.2. The van der Waals surface area contributed by atoms with Crippen LogP contribution in [0.3, 0.4) is 0 Å². The number of amides is 1. The Morgan fingerprint density at radius 3 is 2.70 bits per heavy atom. The number of aromatic amines is 1. The highest BCUT2D eigenvalue weighted by molar-refractivity contribution is 6.05. The van der Waals surface area contributed by atoms with Crippen LogP contribution in [-0.2, 0) is 0 Å². The van der Waals surface area contributed by atoms with Crippen molar-refractivity contribution in [1.29, 1.82) is 0 Å². The molecule has 0 saturated carbocycles. The molecule has 5 heteroatoms. The number of hydrogen-bond donors (Lipinski definition) is 1. The van der Waals surface area contributed by atoms with Crippen molar-refractivity contribution < 1.29 is 4.79 Å². The Morgan fingerprint density at radius 1 is 1.15 bits per heavy atom. The Hall–Kier alpha value is -3.08. The molecule has 0 radical (unpaired) electrons. The summed E-state index contributed by atoms with van der Waals surface area (Å²) < 4.78 is 0. The summed E-state index contributed by atoms with van der Waals surface area (Å²) in [6, 6.07) is 19.2. The van der Waals surface area contributed by atoms with E-state index < -0.39 is 0 Å². The minimum atomic E-state index is -0.249. The first kappa shape index (κ1) is 17.3. The van der Waals surface area contributed by atoms with Crippen molar-refractivity contribution in [2.75, 3.05) is 31.6 Å². The molecule has 1 aromatic heterocycles. The van der Waals surface area contributed by atoms with Gasteiger partial charge in [0.15, 0.2) is 0 Å². The summed E-state index contributed by atoms with van der Waals surface area (Å²) in [5, 5.41) is 0.784. The number of carbonyl (C=O) groups is 1. The van der Waals surface area contributed by atoms with Crippen molar-refractivity contribution in [2.45, 2.75) is 6.42 Å². The molecule has 0 aliphatic carbocycles. The van der Waals surface area contributed by atoms with Crippen LogP contribution >= 0.6 is 0 Å². The van der Waals surface area contributed by atoms with Crippen molar-refractivity contribution in [2.24, 2.45) is 5.92 Å². The lowest BCUT2D eigenvalue weighted by atomic mass is 10.1. The van der Waals surface area contributed by atoms with Crippen LogP contribution in [0.4, 0.5) is 5.69 Å². The number of carbonyl (C=O) groups excluding carboxylic acids is 1. The van der Waals surface area contributed by atoms with Gasteiger partial charge < -0.3 is 14.8 Å². The summed E-state index contributed by atoms with van der Waals surface area (Å²) >= 11 is 0. The van der Waals surface area contributed by atoms with Crippen molar-refractivity contribution in [3.8, 4) is 0 Å². The zero-order chi connectivity index (χ0) is 18.8. The van der Waals surface area contributed by atoms with Crippen LogP contribution in [0.25, 0.3) is 10.9 Å². The molecule has 1 N–H and O–H groups in total. The summed E-state index contributed by atoms with van der Waals surface area (Å²) in [7, 11) is 1.82. The van der Waals surface area contributed by atoms with Gasteiger partial charge in [0.2, 0.25) is 5.56 Å². The summed E-state index contributed by atoms with van der Waals surface area (Å²) in [5.41, 5.74) is 2.14. The predicted octanol–water partition coefficient (Wildman–Crippen LogP) is 3.13. The van der Waals surface area contributed by atoms with E-state index in [1.807, 2.05) is 37.4 Å². The van der Waals surface area contributed by atoms with E-state index in [1.54, 1.807) is 4.90 Å². The van der Waals surface area contributed by atoms with Gasteiger partial charge in [-0.2, -0.15) is 0 Å². The quantitative estimate of drug-likeness (QED) is 0.777. The van der Waals surface area contributed by atoms with Gasteiger partial charge in [-0.05, 0) is 30.5 Å². The number of nitrogens with one attached hydrogen (secondary N) is 1. The molecule has 138 valence electrons. The number of nitrogens with zero attached hydrogens (tertiary/aromatic N) is 2. The Labute approximate surface area is 158 Å². The highest BCUT2D eigenvalue weighted by Gasteiger charge is 2.26. The summed E-state index contributed by atoms with van der Waals surface area (Å²) in [6.45, 7) is 2.63. The normalized spacial score (nSPS) is 16.6. The number of para-hydroxylation sites is 2. The van der Waals surface area contributed by atoms with E-state index in [0.717, 1.165) is 24.9 Å². The number of H-pyrrole nitrogens is 1. The topological polar surface area (TPSA) is 56.4 Å². The van der Waals surface area contributed by atoms with Gasteiger partial charge in [0.25, 0.3) is 5.91 Å². The SMILES string of the molecule is CN(C[C@@H]1CCN(c2ccccc2)C1)C(=O)c1cc(=O)[nH]c2ccccc12. The van der Waals surface area contributed by atoms with Gasteiger partial charge in [0.1, 0.15) is 0 Å². The monoisotopic (exact) mass is 361 g/mol. The lowest BCUT2D eigenvalue weighted by molar-refractivity contribution is 0.0778. The number of benzene rings is 2. The van der Waals surface area contributed by atoms with E-state index >= 15 is 0 Å². The molecule has 1 fully saturated rings.